The summed E-state index contributed by atoms with van der Waals surface area (Å²) in [5, 5.41) is 19.1. The number of nitrogens with zero attached hydrogens (tertiary/aromatic N) is 5. The maximum Gasteiger partial charge on any atom is 0.278 e. The number of benzene rings is 1. The summed E-state index contributed by atoms with van der Waals surface area (Å²) in [6, 6.07) is 10.8. The lowest BCUT2D eigenvalue weighted by Crippen LogP contribution is -2.29. The minimum absolute atomic E-state index is 0.135. The fraction of sp³-hybridized carbons (Fsp3) is 0.429. The molecule has 1 amide bonds. The molecule has 0 bridgehead atoms. The minimum Gasteiger partial charge on any atom is -0.317 e. The first-order valence-electron chi connectivity index (χ1n) is 10.3. The number of piperidine rings is 1. The molecule has 0 radical (unpaired) electrons. The lowest BCUT2D eigenvalue weighted by atomic mass is 9.88. The molecule has 1 atom stereocenters. The van der Waals surface area contributed by atoms with Crippen molar-refractivity contribution < 1.29 is 4.79 Å². The Morgan fingerprint density at radius 2 is 2.00 bits per heavy atom. The van der Waals surface area contributed by atoms with Crippen LogP contribution in [-0.4, -0.2) is 43.8 Å². The molecule has 2 N–H and O–H groups in total. The molecule has 150 valence electrons. The highest BCUT2D eigenvalue weighted by Gasteiger charge is 2.25. The van der Waals surface area contributed by atoms with Gasteiger partial charge in [-0.25, -0.2) is 9.36 Å². The summed E-state index contributed by atoms with van der Waals surface area (Å²) in [5.74, 6) is 0.434. The number of nitrogens with one attached hydrogen (secondary N) is 2. The van der Waals surface area contributed by atoms with Gasteiger partial charge in [-0.1, -0.05) is 29.5 Å². The number of aryl methyl sites for hydroxylation is 1. The Kier molecular flexibility index (Phi) is 4.85. The van der Waals surface area contributed by atoms with Gasteiger partial charge in [0.2, 0.25) is 0 Å². The lowest BCUT2D eigenvalue weighted by molar-refractivity contribution is 0.102. The molecule has 0 saturated carbocycles. The summed E-state index contributed by atoms with van der Waals surface area (Å²) in [5.41, 5.74) is 2.98. The zero-order valence-corrected chi connectivity index (χ0v) is 16.3. The molecule has 0 spiro atoms. The Morgan fingerprint density at radius 1 is 1.14 bits per heavy atom. The number of hydrogen-bond acceptors (Lipinski definition) is 5. The van der Waals surface area contributed by atoms with E-state index in [1.165, 1.54) is 11.1 Å². The predicted octanol–water partition coefficient (Wildman–Crippen LogP) is 2.58. The average Bonchev–Trinajstić information content (AvgIpc) is 3.44. The normalized spacial score (nSPS) is 19.7. The van der Waals surface area contributed by atoms with E-state index in [2.05, 4.69) is 50.3 Å². The van der Waals surface area contributed by atoms with Crippen LogP contribution in [0, 0.1) is 0 Å². The largest absolute Gasteiger partial charge is 0.317 e. The second kappa shape index (κ2) is 7.79. The number of aromatic nitrogens is 5. The second-order valence-electron chi connectivity index (χ2n) is 7.79. The van der Waals surface area contributed by atoms with Crippen molar-refractivity contribution in [1.29, 1.82) is 0 Å². The zero-order valence-electron chi connectivity index (χ0n) is 16.3. The van der Waals surface area contributed by atoms with Crippen LogP contribution in [-0.2, 0) is 6.42 Å². The summed E-state index contributed by atoms with van der Waals surface area (Å²) >= 11 is 0. The highest BCUT2D eigenvalue weighted by molar-refractivity contribution is 6.02. The number of amides is 1. The molecule has 3 heterocycles. The summed E-state index contributed by atoms with van der Waals surface area (Å²) in [4.78, 5) is 12.8. The van der Waals surface area contributed by atoms with Crippen molar-refractivity contribution in [3.63, 3.8) is 0 Å². The second-order valence-corrected chi connectivity index (χ2v) is 7.79. The van der Waals surface area contributed by atoms with Crippen molar-refractivity contribution in [2.24, 2.45) is 0 Å². The smallest absolute Gasteiger partial charge is 0.278 e. The van der Waals surface area contributed by atoms with Crippen LogP contribution in [0.3, 0.4) is 0 Å². The molecule has 1 aliphatic heterocycles. The topological polar surface area (TPSA) is 89.7 Å². The highest BCUT2D eigenvalue weighted by Crippen LogP contribution is 2.34. The Hall–Kier alpha value is -3.00. The van der Waals surface area contributed by atoms with Crippen LogP contribution in [0.25, 0.3) is 0 Å². The molecule has 29 heavy (non-hydrogen) atoms. The predicted molar refractivity (Wildman–Crippen MR) is 109 cm³/mol. The van der Waals surface area contributed by atoms with Gasteiger partial charge in [0.15, 0.2) is 5.69 Å². The quantitative estimate of drug-likeness (QED) is 0.713. The molecule has 8 heteroatoms. The van der Waals surface area contributed by atoms with E-state index >= 15 is 0 Å². The molecule has 8 nitrogen and oxygen atoms in total. The number of anilines is 1. The Labute approximate surface area is 169 Å². The first kappa shape index (κ1) is 18.1. The molecule has 3 aromatic rings. The number of carbonyl (C=O) groups excluding carboxylic acids is 1. The van der Waals surface area contributed by atoms with Crippen molar-refractivity contribution in [2.75, 3.05) is 18.4 Å². The molecular weight excluding hydrogens is 366 g/mol. The molecule has 2 aromatic heterocycles. The maximum absolute atomic E-state index is 12.8. The van der Waals surface area contributed by atoms with Crippen LogP contribution < -0.4 is 10.6 Å². The van der Waals surface area contributed by atoms with Crippen molar-refractivity contribution >= 4 is 11.7 Å². The summed E-state index contributed by atoms with van der Waals surface area (Å²) < 4.78 is 3.75. The first-order valence-corrected chi connectivity index (χ1v) is 10.3. The van der Waals surface area contributed by atoms with Crippen LogP contribution >= 0.6 is 0 Å². The van der Waals surface area contributed by atoms with E-state index in [9.17, 15) is 4.79 Å². The van der Waals surface area contributed by atoms with Crippen molar-refractivity contribution in [1.82, 2.24) is 30.1 Å². The minimum atomic E-state index is -0.254. The van der Waals surface area contributed by atoms with Crippen molar-refractivity contribution in [3.05, 3.63) is 59.5 Å². The number of carbonyl (C=O) groups is 1. The van der Waals surface area contributed by atoms with E-state index in [4.69, 9.17) is 0 Å². The van der Waals surface area contributed by atoms with Gasteiger partial charge in [0.05, 0.1) is 24.5 Å². The summed E-state index contributed by atoms with van der Waals surface area (Å²) in [6.07, 6.45) is 8.69. The molecule has 1 aromatic carbocycles. The monoisotopic (exact) mass is 391 g/mol. The molecule has 5 rings (SSSR count). The number of rotatable bonds is 4. The molecular formula is C21H25N7O. The maximum atomic E-state index is 12.8. The third-order valence-electron chi connectivity index (χ3n) is 5.97. The third kappa shape index (κ3) is 3.55. The van der Waals surface area contributed by atoms with E-state index < -0.39 is 0 Å². The van der Waals surface area contributed by atoms with E-state index in [1.54, 1.807) is 12.4 Å². The van der Waals surface area contributed by atoms with Crippen molar-refractivity contribution in [3.8, 4) is 0 Å². The van der Waals surface area contributed by atoms with Crippen LogP contribution in [0.4, 0.5) is 5.82 Å². The molecule has 1 unspecified atom stereocenters. The summed E-state index contributed by atoms with van der Waals surface area (Å²) in [7, 11) is 0. The van der Waals surface area contributed by atoms with Gasteiger partial charge in [0.25, 0.3) is 5.91 Å². The van der Waals surface area contributed by atoms with Gasteiger partial charge < -0.3 is 10.6 Å². The van der Waals surface area contributed by atoms with Gasteiger partial charge in [0.1, 0.15) is 5.82 Å². The average molecular weight is 391 g/mol. The Bertz CT molecular complexity index is 1000. The fourth-order valence-electron chi connectivity index (χ4n) is 4.45. The van der Waals surface area contributed by atoms with Gasteiger partial charge in [-0.15, -0.1) is 5.10 Å². The zero-order chi connectivity index (χ0) is 19.6. The van der Waals surface area contributed by atoms with E-state index in [1.807, 2.05) is 15.4 Å². The lowest BCUT2D eigenvalue weighted by Gasteiger charge is -2.27. The molecule has 2 aliphatic rings. The number of fused-ring (bicyclic) bond motifs is 1. The standard InChI is InChI=1S/C21H25N7O/c29-21(18-14-27(26-25-18)16-8-11-22-12-9-16)24-20-10-13-23-28(20)19-7-3-5-15-4-1-2-6-17(15)19/h1-2,4,6,10,13-14,16,19,22H,3,5,7-9,11-12H2,(H,24,29). The molecule has 1 fully saturated rings. The molecule has 1 saturated heterocycles. The van der Waals surface area contributed by atoms with E-state index in [0.29, 0.717) is 17.6 Å². The first-order chi connectivity index (χ1) is 14.3. The van der Waals surface area contributed by atoms with Gasteiger partial charge in [-0.2, -0.15) is 5.10 Å². The SMILES string of the molecule is O=C(Nc1ccnn1C1CCCc2ccccc21)c1cn(C2CCNCC2)nn1. The van der Waals surface area contributed by atoms with E-state index in [0.717, 1.165) is 45.2 Å². The third-order valence-corrected chi connectivity index (χ3v) is 5.97. The van der Waals surface area contributed by atoms with Crippen LogP contribution in [0.1, 0.15) is 59.4 Å². The van der Waals surface area contributed by atoms with E-state index in [-0.39, 0.29) is 11.9 Å². The Balaban J connectivity index is 1.34. The van der Waals surface area contributed by atoms with Crippen molar-refractivity contribution in [2.45, 2.75) is 44.2 Å². The van der Waals surface area contributed by atoms with Crippen LogP contribution in [0.2, 0.25) is 0 Å². The van der Waals surface area contributed by atoms with Gasteiger partial charge in [-0.05, 0) is 56.3 Å². The summed E-state index contributed by atoms with van der Waals surface area (Å²) in [6.45, 7) is 1.93. The Morgan fingerprint density at radius 3 is 2.90 bits per heavy atom. The van der Waals surface area contributed by atoms with Gasteiger partial charge in [-0.3, -0.25) is 4.79 Å². The van der Waals surface area contributed by atoms with Gasteiger partial charge in [0, 0.05) is 6.07 Å². The van der Waals surface area contributed by atoms with Crippen LogP contribution in [0.15, 0.2) is 42.7 Å². The molecule has 1 aliphatic carbocycles. The van der Waals surface area contributed by atoms with Crippen LogP contribution in [0.5, 0.6) is 0 Å². The van der Waals surface area contributed by atoms with Gasteiger partial charge >= 0.3 is 0 Å². The fourth-order valence-corrected chi connectivity index (χ4v) is 4.45. The number of hydrogen-bond donors (Lipinski definition) is 2. The highest BCUT2D eigenvalue weighted by atomic mass is 16.2.